The quantitative estimate of drug-likeness (QED) is 0.445. The molecule has 0 saturated carbocycles. The van der Waals surface area contributed by atoms with Crippen LogP contribution in [0.15, 0.2) is 39.3 Å². The monoisotopic (exact) mass is 312 g/mol. The van der Waals surface area contributed by atoms with Gasteiger partial charge in [-0.05, 0) is 30.7 Å². The third kappa shape index (κ3) is 2.95. The third-order valence-electron chi connectivity index (χ3n) is 3.24. The first-order valence-corrected chi connectivity index (χ1v) is 6.66. The lowest BCUT2D eigenvalue weighted by atomic mass is 10.1. The van der Waals surface area contributed by atoms with Gasteiger partial charge in [-0.15, -0.1) is 0 Å². The molecular weight excluding hydrogens is 300 g/mol. The number of nitrogens with two attached hydrogens (primary N) is 1. The fraction of sp³-hybridized carbons (Fsp3) is 0.0667. The van der Waals surface area contributed by atoms with Crippen LogP contribution in [-0.2, 0) is 0 Å². The van der Waals surface area contributed by atoms with Gasteiger partial charge < -0.3 is 14.7 Å². The molecular formula is C15H12N4O4. The van der Waals surface area contributed by atoms with Gasteiger partial charge in [-0.1, -0.05) is 17.3 Å². The van der Waals surface area contributed by atoms with Crippen molar-refractivity contribution in [2.24, 2.45) is 0 Å². The number of hydrogen-bond acceptors (Lipinski definition) is 7. The van der Waals surface area contributed by atoms with E-state index in [2.05, 4.69) is 10.1 Å². The van der Waals surface area contributed by atoms with Crippen LogP contribution in [0.2, 0.25) is 0 Å². The van der Waals surface area contributed by atoms with E-state index in [1.54, 1.807) is 6.07 Å². The number of nitro groups is 1. The summed E-state index contributed by atoms with van der Waals surface area (Å²) in [4.78, 5) is 14.2. The maximum atomic E-state index is 10.5. The van der Waals surface area contributed by atoms with Crippen molar-refractivity contribution in [3.8, 4) is 11.4 Å². The van der Waals surface area contributed by atoms with E-state index in [1.165, 1.54) is 24.3 Å². The second-order valence-corrected chi connectivity index (χ2v) is 4.74. The van der Waals surface area contributed by atoms with Crippen LogP contribution < -0.4 is 5.73 Å². The molecule has 0 amide bonds. The predicted molar refractivity (Wildman–Crippen MR) is 83.2 cm³/mol. The van der Waals surface area contributed by atoms with Gasteiger partial charge >= 0.3 is 5.88 Å². The summed E-state index contributed by atoms with van der Waals surface area (Å²) in [6.45, 7) is 1.87. The Hall–Kier alpha value is -3.42. The van der Waals surface area contributed by atoms with E-state index < -0.39 is 4.92 Å². The SMILES string of the molecule is Cc1c(N)cccc1-c1noc(/C=C/c2ccc([N+](=O)[O-])o2)n1. The van der Waals surface area contributed by atoms with Crippen LogP contribution in [-0.4, -0.2) is 15.1 Å². The van der Waals surface area contributed by atoms with Gasteiger partial charge in [0.1, 0.15) is 10.7 Å². The third-order valence-corrected chi connectivity index (χ3v) is 3.24. The first-order valence-electron chi connectivity index (χ1n) is 6.66. The fourth-order valence-corrected chi connectivity index (χ4v) is 1.99. The predicted octanol–water partition coefficient (Wildman–Crippen LogP) is 3.30. The highest BCUT2D eigenvalue weighted by Crippen LogP contribution is 2.25. The van der Waals surface area contributed by atoms with Gasteiger partial charge in [0, 0.05) is 17.3 Å². The maximum Gasteiger partial charge on any atom is 0.433 e. The van der Waals surface area contributed by atoms with E-state index in [1.807, 2.05) is 19.1 Å². The van der Waals surface area contributed by atoms with Gasteiger partial charge in [-0.25, -0.2) is 0 Å². The summed E-state index contributed by atoms with van der Waals surface area (Å²) in [6, 6.07) is 8.21. The average molecular weight is 312 g/mol. The molecule has 2 N–H and O–H groups in total. The minimum atomic E-state index is -0.606. The normalized spacial score (nSPS) is 11.2. The fourth-order valence-electron chi connectivity index (χ4n) is 1.99. The zero-order chi connectivity index (χ0) is 16.4. The van der Waals surface area contributed by atoms with Crippen molar-refractivity contribution in [1.29, 1.82) is 0 Å². The molecule has 116 valence electrons. The Morgan fingerprint density at radius 2 is 2.09 bits per heavy atom. The highest BCUT2D eigenvalue weighted by molar-refractivity contribution is 5.69. The van der Waals surface area contributed by atoms with Crippen LogP contribution in [0.4, 0.5) is 11.6 Å². The minimum absolute atomic E-state index is 0.251. The molecule has 2 aromatic heterocycles. The molecule has 8 heteroatoms. The molecule has 1 aromatic carbocycles. The van der Waals surface area contributed by atoms with Crippen LogP contribution in [0, 0.1) is 17.0 Å². The number of nitrogen functional groups attached to an aromatic ring is 1. The molecule has 3 aromatic rings. The lowest BCUT2D eigenvalue weighted by Crippen LogP contribution is -1.92. The summed E-state index contributed by atoms with van der Waals surface area (Å²) in [5, 5.41) is 14.4. The molecule has 0 saturated heterocycles. The molecule has 23 heavy (non-hydrogen) atoms. The highest BCUT2D eigenvalue weighted by atomic mass is 16.6. The number of nitrogens with zero attached hydrogens (tertiary/aromatic N) is 3. The number of furan rings is 1. The molecule has 3 rings (SSSR count). The van der Waals surface area contributed by atoms with Crippen molar-refractivity contribution >= 4 is 23.7 Å². The Bertz CT molecular complexity index is 895. The number of aromatic nitrogens is 2. The van der Waals surface area contributed by atoms with E-state index in [9.17, 15) is 10.1 Å². The molecule has 2 heterocycles. The Kier molecular flexibility index (Phi) is 3.63. The number of anilines is 1. The zero-order valence-electron chi connectivity index (χ0n) is 12.1. The molecule has 0 unspecified atom stereocenters. The Balaban J connectivity index is 1.83. The Morgan fingerprint density at radius 1 is 1.26 bits per heavy atom. The van der Waals surface area contributed by atoms with Crippen molar-refractivity contribution in [2.75, 3.05) is 5.73 Å². The van der Waals surface area contributed by atoms with Crippen molar-refractivity contribution < 1.29 is 13.9 Å². The van der Waals surface area contributed by atoms with Crippen molar-refractivity contribution in [1.82, 2.24) is 10.1 Å². The summed E-state index contributed by atoms with van der Waals surface area (Å²) in [7, 11) is 0. The summed E-state index contributed by atoms with van der Waals surface area (Å²) in [5.41, 5.74) is 8.15. The average Bonchev–Trinajstić information content (AvgIpc) is 3.17. The van der Waals surface area contributed by atoms with Crippen LogP contribution >= 0.6 is 0 Å². The van der Waals surface area contributed by atoms with E-state index in [4.69, 9.17) is 14.7 Å². The first kappa shape index (κ1) is 14.5. The van der Waals surface area contributed by atoms with Gasteiger partial charge in [0.2, 0.25) is 5.82 Å². The van der Waals surface area contributed by atoms with Gasteiger partial charge in [0.05, 0.1) is 6.07 Å². The molecule has 0 atom stereocenters. The van der Waals surface area contributed by atoms with Crippen LogP contribution in [0.3, 0.4) is 0 Å². The van der Waals surface area contributed by atoms with Crippen molar-refractivity contribution in [3.05, 3.63) is 57.7 Å². The van der Waals surface area contributed by atoms with Gasteiger partial charge in [-0.3, -0.25) is 10.1 Å². The lowest BCUT2D eigenvalue weighted by Gasteiger charge is -2.03. The second-order valence-electron chi connectivity index (χ2n) is 4.74. The molecule has 8 nitrogen and oxygen atoms in total. The van der Waals surface area contributed by atoms with Gasteiger partial charge in [0.25, 0.3) is 5.89 Å². The molecule has 0 bridgehead atoms. The zero-order valence-corrected chi connectivity index (χ0v) is 12.1. The lowest BCUT2D eigenvalue weighted by molar-refractivity contribution is -0.402. The molecule has 0 spiro atoms. The van der Waals surface area contributed by atoms with E-state index in [0.717, 1.165) is 11.1 Å². The van der Waals surface area contributed by atoms with Gasteiger partial charge in [0.15, 0.2) is 0 Å². The van der Waals surface area contributed by atoms with Crippen LogP contribution in [0.25, 0.3) is 23.5 Å². The summed E-state index contributed by atoms with van der Waals surface area (Å²) in [6.07, 6.45) is 3.02. The molecule has 0 aliphatic heterocycles. The van der Waals surface area contributed by atoms with Crippen LogP contribution in [0.1, 0.15) is 17.2 Å². The smallest absolute Gasteiger partial charge is 0.401 e. The summed E-state index contributed by atoms with van der Waals surface area (Å²) >= 11 is 0. The Labute approximate surface area is 130 Å². The largest absolute Gasteiger partial charge is 0.433 e. The number of benzene rings is 1. The molecule has 0 fully saturated rings. The summed E-state index contributed by atoms with van der Waals surface area (Å²) < 4.78 is 10.1. The standard InChI is InChI=1S/C15H12N4O4/c1-9-11(3-2-4-12(9)16)15-17-13(23-18-15)7-5-10-6-8-14(22-10)19(20)21/h2-8H,16H2,1H3/b7-5+. The van der Waals surface area contributed by atoms with Crippen molar-refractivity contribution in [2.45, 2.75) is 6.92 Å². The van der Waals surface area contributed by atoms with E-state index in [-0.39, 0.29) is 11.8 Å². The summed E-state index contributed by atoms with van der Waals surface area (Å²) in [5.74, 6) is 0.656. The Morgan fingerprint density at radius 3 is 2.83 bits per heavy atom. The van der Waals surface area contributed by atoms with Crippen LogP contribution in [0.5, 0.6) is 0 Å². The van der Waals surface area contributed by atoms with E-state index in [0.29, 0.717) is 17.3 Å². The molecule has 0 aliphatic rings. The number of rotatable bonds is 4. The van der Waals surface area contributed by atoms with Gasteiger partial charge in [-0.2, -0.15) is 4.98 Å². The first-order chi connectivity index (χ1) is 11.0. The second kappa shape index (κ2) is 5.76. The van der Waals surface area contributed by atoms with Crippen molar-refractivity contribution in [3.63, 3.8) is 0 Å². The maximum absolute atomic E-state index is 10.5. The highest BCUT2D eigenvalue weighted by Gasteiger charge is 2.12. The topological polar surface area (TPSA) is 121 Å². The minimum Gasteiger partial charge on any atom is -0.401 e. The van der Waals surface area contributed by atoms with E-state index >= 15 is 0 Å². The molecule has 0 aliphatic carbocycles. The molecule has 0 radical (unpaired) electrons. The number of hydrogen-bond donors (Lipinski definition) is 1.